The zero-order chi connectivity index (χ0) is 21.6. The van der Waals surface area contributed by atoms with Crippen LogP contribution in [0.25, 0.3) is 0 Å². The van der Waals surface area contributed by atoms with Crippen molar-refractivity contribution in [3.8, 4) is 0 Å². The minimum atomic E-state index is -4.64. The molecule has 1 atom stereocenters. The topological polar surface area (TPSA) is 57.5 Å². The number of aryl methyl sites for hydroxylation is 1. The minimum Gasteiger partial charge on any atom is -0.357 e. The maximum atomic E-state index is 13.3. The second kappa shape index (κ2) is 11.5. The number of halogens is 5. The molecule has 0 saturated heterocycles. The summed E-state index contributed by atoms with van der Waals surface area (Å²) in [5.41, 5.74) is -0.107. The number of alkyl halides is 3. The molecule has 11 heteroatoms. The highest BCUT2D eigenvalue weighted by Gasteiger charge is 2.33. The monoisotopic (exact) mass is 542 g/mol. The van der Waals surface area contributed by atoms with Crippen LogP contribution in [0, 0.1) is 5.82 Å². The first-order valence-corrected chi connectivity index (χ1v) is 9.14. The van der Waals surface area contributed by atoms with Crippen LogP contribution in [0.5, 0.6) is 0 Å². The van der Waals surface area contributed by atoms with Crippen molar-refractivity contribution in [3.63, 3.8) is 0 Å². The lowest BCUT2D eigenvalue weighted by Gasteiger charge is -2.24. The Morgan fingerprint density at radius 2 is 1.97 bits per heavy atom. The number of nitrogens with one attached hydrogen (secondary N) is 2. The molecule has 2 N–H and O–H groups in total. The summed E-state index contributed by atoms with van der Waals surface area (Å²) >= 11 is 0. The molecule has 0 aliphatic carbocycles. The van der Waals surface area contributed by atoms with Crippen LogP contribution >= 0.6 is 24.0 Å². The highest BCUT2D eigenvalue weighted by molar-refractivity contribution is 14.0. The molecule has 0 radical (unpaired) electrons. The van der Waals surface area contributed by atoms with Gasteiger partial charge in [-0.3, -0.25) is 4.68 Å². The third kappa shape index (κ3) is 7.42. The van der Waals surface area contributed by atoms with Crippen molar-refractivity contribution >= 4 is 29.9 Å². The molecular weight excluding hydrogens is 515 g/mol. The van der Waals surface area contributed by atoms with Gasteiger partial charge in [-0.05, 0) is 38.7 Å². The number of hydrogen-bond acceptors (Lipinski definition) is 3. The fourth-order valence-electron chi connectivity index (χ4n) is 2.86. The van der Waals surface area contributed by atoms with E-state index in [1.54, 1.807) is 10.9 Å². The Morgan fingerprint density at radius 3 is 2.50 bits per heavy atom. The number of aromatic nitrogens is 2. The summed E-state index contributed by atoms with van der Waals surface area (Å²) in [5, 5.41) is 10.4. The van der Waals surface area contributed by atoms with Crippen LogP contribution in [-0.4, -0.2) is 47.8 Å². The fourth-order valence-corrected chi connectivity index (χ4v) is 2.86. The van der Waals surface area contributed by atoms with Crippen molar-refractivity contribution in [1.82, 2.24) is 25.3 Å². The van der Waals surface area contributed by atoms with E-state index in [0.717, 1.165) is 17.7 Å². The van der Waals surface area contributed by atoms with Crippen LogP contribution in [0.3, 0.4) is 0 Å². The summed E-state index contributed by atoms with van der Waals surface area (Å²) in [6.07, 6.45) is -0.968. The van der Waals surface area contributed by atoms with Gasteiger partial charge in [-0.2, -0.15) is 18.3 Å². The summed E-state index contributed by atoms with van der Waals surface area (Å²) < 4.78 is 54.5. The maximum absolute atomic E-state index is 13.3. The Hall–Kier alpha value is -1.89. The lowest BCUT2D eigenvalue weighted by Crippen LogP contribution is -2.41. The lowest BCUT2D eigenvalue weighted by atomic mass is 10.1. The van der Waals surface area contributed by atoms with Crippen molar-refractivity contribution in [3.05, 3.63) is 53.1 Å². The Morgan fingerprint density at radius 1 is 1.27 bits per heavy atom. The molecule has 1 unspecified atom stereocenters. The van der Waals surface area contributed by atoms with Gasteiger partial charge in [0, 0.05) is 31.9 Å². The van der Waals surface area contributed by atoms with Gasteiger partial charge >= 0.3 is 6.18 Å². The second-order valence-corrected chi connectivity index (χ2v) is 6.80. The number of aliphatic imine (C=N–C) groups is 1. The summed E-state index contributed by atoms with van der Waals surface area (Å²) in [6.45, 7) is 2.64. The average molecular weight is 542 g/mol. The fraction of sp³-hybridized carbons (Fsp3) is 0.474. The van der Waals surface area contributed by atoms with E-state index in [1.165, 1.54) is 0 Å². The van der Waals surface area contributed by atoms with Crippen LogP contribution in [0.2, 0.25) is 0 Å². The summed E-state index contributed by atoms with van der Waals surface area (Å²) in [7, 11) is 5.69. The molecule has 168 valence electrons. The zero-order valence-electron chi connectivity index (χ0n) is 17.3. The van der Waals surface area contributed by atoms with Gasteiger partial charge in [-0.15, -0.1) is 24.0 Å². The van der Waals surface area contributed by atoms with Gasteiger partial charge < -0.3 is 15.5 Å². The molecule has 0 saturated carbocycles. The van der Waals surface area contributed by atoms with Crippen molar-refractivity contribution < 1.29 is 17.6 Å². The number of benzene rings is 1. The first-order valence-electron chi connectivity index (χ1n) is 9.14. The minimum absolute atomic E-state index is 0. The smallest absolute Gasteiger partial charge is 0.357 e. The number of guanidine groups is 1. The Labute approximate surface area is 190 Å². The van der Waals surface area contributed by atoms with Gasteiger partial charge in [0.05, 0.1) is 24.3 Å². The molecule has 0 bridgehead atoms. The van der Waals surface area contributed by atoms with Crippen LogP contribution in [0.4, 0.5) is 17.6 Å². The highest BCUT2D eigenvalue weighted by atomic mass is 127. The molecule has 1 aromatic heterocycles. The van der Waals surface area contributed by atoms with E-state index >= 15 is 0 Å². The normalized spacial score (nSPS) is 13.2. The summed E-state index contributed by atoms with van der Waals surface area (Å²) in [5.74, 6) is -0.555. The Kier molecular flexibility index (Phi) is 10.0. The zero-order valence-corrected chi connectivity index (χ0v) is 19.6. The molecule has 0 spiro atoms. The van der Waals surface area contributed by atoms with E-state index < -0.39 is 17.6 Å². The third-order valence-corrected chi connectivity index (χ3v) is 4.32. The average Bonchev–Trinajstić information content (AvgIpc) is 3.05. The van der Waals surface area contributed by atoms with Crippen molar-refractivity contribution in [1.29, 1.82) is 0 Å². The van der Waals surface area contributed by atoms with Gasteiger partial charge in [-0.25, -0.2) is 9.38 Å². The molecule has 0 aliphatic rings. The van der Waals surface area contributed by atoms with E-state index in [9.17, 15) is 17.6 Å². The SMILES string of the molecule is CCNC(=NCc1ccc(F)cc1C(F)(F)F)NCC(c1cnn(C)c1)N(C)C.I. The van der Waals surface area contributed by atoms with Crippen LogP contribution < -0.4 is 10.6 Å². The van der Waals surface area contributed by atoms with Crippen molar-refractivity contribution in [2.45, 2.75) is 25.7 Å². The standard InChI is InChI=1S/C19H26F4N6.HI/c1-5-24-18(26-11-17(28(2)3)14-10-27-29(4)12-14)25-9-13-6-7-15(20)8-16(13)19(21,22)23;/h6-8,10,12,17H,5,9,11H2,1-4H3,(H2,24,25,26);1H. The Balaban J connectivity index is 0.00000450. The largest absolute Gasteiger partial charge is 0.416 e. The van der Waals surface area contributed by atoms with E-state index in [2.05, 4.69) is 20.7 Å². The molecule has 1 aromatic carbocycles. The molecule has 0 fully saturated rings. The van der Waals surface area contributed by atoms with E-state index in [4.69, 9.17) is 0 Å². The number of nitrogens with zero attached hydrogens (tertiary/aromatic N) is 4. The quantitative estimate of drug-likeness (QED) is 0.243. The van der Waals surface area contributed by atoms with Crippen LogP contribution in [0.1, 0.15) is 29.7 Å². The maximum Gasteiger partial charge on any atom is 0.416 e. The predicted octanol–water partition coefficient (Wildman–Crippen LogP) is 3.55. The molecule has 0 aliphatic heterocycles. The van der Waals surface area contributed by atoms with Gasteiger partial charge in [0.15, 0.2) is 5.96 Å². The molecule has 0 amide bonds. The molecule has 6 nitrogen and oxygen atoms in total. The van der Waals surface area contributed by atoms with Crippen LogP contribution in [0.15, 0.2) is 35.6 Å². The van der Waals surface area contributed by atoms with Gasteiger partial charge in [0.2, 0.25) is 0 Å². The number of likely N-dealkylation sites (N-methyl/N-ethyl adjacent to an activating group) is 1. The predicted molar refractivity (Wildman–Crippen MR) is 119 cm³/mol. The highest BCUT2D eigenvalue weighted by Crippen LogP contribution is 2.32. The Bertz CT molecular complexity index is 835. The van der Waals surface area contributed by atoms with Crippen LogP contribution in [-0.2, 0) is 19.8 Å². The number of hydrogen-bond donors (Lipinski definition) is 2. The van der Waals surface area contributed by atoms with Gasteiger partial charge in [0.25, 0.3) is 0 Å². The molecule has 1 heterocycles. The second-order valence-electron chi connectivity index (χ2n) is 6.80. The van der Waals surface area contributed by atoms with Gasteiger partial charge in [0.1, 0.15) is 5.82 Å². The first kappa shape index (κ1) is 26.1. The van der Waals surface area contributed by atoms with Crippen molar-refractivity contribution in [2.75, 3.05) is 27.2 Å². The van der Waals surface area contributed by atoms with E-state index in [0.29, 0.717) is 25.1 Å². The van der Waals surface area contributed by atoms with Gasteiger partial charge in [-0.1, -0.05) is 6.07 Å². The van der Waals surface area contributed by atoms with Crippen molar-refractivity contribution in [2.24, 2.45) is 12.0 Å². The van der Waals surface area contributed by atoms with E-state index in [1.807, 2.05) is 39.2 Å². The first-order chi connectivity index (χ1) is 13.6. The number of rotatable bonds is 7. The molecular formula is C19H27F4IN6. The molecule has 30 heavy (non-hydrogen) atoms. The molecule has 2 aromatic rings. The molecule has 2 rings (SSSR count). The lowest BCUT2D eigenvalue weighted by molar-refractivity contribution is -0.138. The summed E-state index contributed by atoms with van der Waals surface area (Å²) in [4.78, 5) is 6.26. The van der Waals surface area contributed by atoms with E-state index in [-0.39, 0.29) is 42.1 Å². The summed E-state index contributed by atoms with van der Waals surface area (Å²) in [6, 6.07) is 2.61. The third-order valence-electron chi connectivity index (χ3n) is 4.32.